The fourth-order valence-corrected chi connectivity index (χ4v) is 2.09. The molecular formula is C16H18FNO3. The van der Waals surface area contributed by atoms with Crippen LogP contribution in [0.4, 0.5) is 4.39 Å². The standard InChI is InChI=1S/C16H18FNO3/c1-3-18(10-13-5-4-8-21-13)11-15(19)14-9-12(17)6-7-16(14)20-2/h4-9H,3,10-11H2,1-2H3. The van der Waals surface area contributed by atoms with Crippen molar-refractivity contribution >= 4 is 5.78 Å². The number of hydrogen-bond donors (Lipinski definition) is 0. The number of methoxy groups -OCH3 is 1. The molecule has 1 aromatic carbocycles. The topological polar surface area (TPSA) is 42.7 Å². The van der Waals surface area contributed by atoms with Crippen LogP contribution in [0.5, 0.6) is 5.75 Å². The maximum Gasteiger partial charge on any atom is 0.180 e. The summed E-state index contributed by atoms with van der Waals surface area (Å²) in [5, 5.41) is 0. The van der Waals surface area contributed by atoms with E-state index in [0.29, 0.717) is 18.8 Å². The van der Waals surface area contributed by atoms with Crippen LogP contribution in [0.3, 0.4) is 0 Å². The van der Waals surface area contributed by atoms with Crippen molar-refractivity contribution in [2.45, 2.75) is 13.5 Å². The average molecular weight is 291 g/mol. The Hall–Kier alpha value is -2.14. The number of hydrogen-bond acceptors (Lipinski definition) is 4. The first-order valence-electron chi connectivity index (χ1n) is 6.75. The zero-order chi connectivity index (χ0) is 15.2. The minimum atomic E-state index is -0.451. The lowest BCUT2D eigenvalue weighted by molar-refractivity contribution is 0.0921. The van der Waals surface area contributed by atoms with Gasteiger partial charge in [-0.15, -0.1) is 0 Å². The largest absolute Gasteiger partial charge is 0.496 e. The molecule has 2 aromatic rings. The van der Waals surface area contributed by atoms with E-state index in [1.807, 2.05) is 17.9 Å². The second-order valence-corrected chi connectivity index (χ2v) is 4.65. The third kappa shape index (κ3) is 3.92. The summed E-state index contributed by atoms with van der Waals surface area (Å²) in [7, 11) is 1.46. The quantitative estimate of drug-likeness (QED) is 0.735. The number of halogens is 1. The number of carbonyl (C=O) groups is 1. The van der Waals surface area contributed by atoms with E-state index in [1.54, 1.807) is 12.3 Å². The van der Waals surface area contributed by atoms with Crippen molar-refractivity contribution in [1.29, 1.82) is 0 Å². The highest BCUT2D eigenvalue weighted by molar-refractivity contribution is 6.00. The molecule has 0 aliphatic rings. The molecule has 21 heavy (non-hydrogen) atoms. The van der Waals surface area contributed by atoms with E-state index in [1.165, 1.54) is 25.3 Å². The van der Waals surface area contributed by atoms with Crippen molar-refractivity contribution in [2.24, 2.45) is 0 Å². The van der Waals surface area contributed by atoms with Gasteiger partial charge in [-0.3, -0.25) is 9.69 Å². The van der Waals surface area contributed by atoms with Gasteiger partial charge < -0.3 is 9.15 Å². The Bertz CT molecular complexity index is 596. The van der Waals surface area contributed by atoms with Gasteiger partial charge in [0.15, 0.2) is 5.78 Å². The second-order valence-electron chi connectivity index (χ2n) is 4.65. The first-order valence-corrected chi connectivity index (χ1v) is 6.75. The van der Waals surface area contributed by atoms with Crippen LogP contribution in [0, 0.1) is 5.82 Å². The molecule has 112 valence electrons. The molecule has 0 unspecified atom stereocenters. The molecule has 0 aliphatic heterocycles. The van der Waals surface area contributed by atoms with Crippen molar-refractivity contribution in [1.82, 2.24) is 4.90 Å². The Labute approximate surface area is 123 Å². The van der Waals surface area contributed by atoms with Gasteiger partial charge >= 0.3 is 0 Å². The molecule has 0 fully saturated rings. The monoisotopic (exact) mass is 291 g/mol. The minimum absolute atomic E-state index is 0.178. The van der Waals surface area contributed by atoms with Crippen molar-refractivity contribution in [3.63, 3.8) is 0 Å². The highest BCUT2D eigenvalue weighted by atomic mass is 19.1. The third-order valence-electron chi connectivity index (χ3n) is 3.24. The second kappa shape index (κ2) is 7.04. The summed E-state index contributed by atoms with van der Waals surface area (Å²) >= 11 is 0. The van der Waals surface area contributed by atoms with Crippen LogP contribution in [0.1, 0.15) is 23.0 Å². The summed E-state index contributed by atoms with van der Waals surface area (Å²) in [4.78, 5) is 14.3. The molecule has 0 saturated heterocycles. The van der Waals surface area contributed by atoms with Gasteiger partial charge in [0.2, 0.25) is 0 Å². The molecule has 0 amide bonds. The normalized spacial score (nSPS) is 10.9. The number of ketones is 1. The average Bonchev–Trinajstić information content (AvgIpc) is 2.99. The first kappa shape index (κ1) is 15.3. The summed E-state index contributed by atoms with van der Waals surface area (Å²) in [6, 6.07) is 7.61. The van der Waals surface area contributed by atoms with Gasteiger partial charge in [0, 0.05) is 0 Å². The lowest BCUT2D eigenvalue weighted by atomic mass is 10.1. The van der Waals surface area contributed by atoms with E-state index in [2.05, 4.69) is 0 Å². The number of nitrogens with zero attached hydrogens (tertiary/aromatic N) is 1. The molecule has 0 radical (unpaired) electrons. The van der Waals surface area contributed by atoms with E-state index >= 15 is 0 Å². The molecule has 0 bridgehead atoms. The number of benzene rings is 1. The number of likely N-dealkylation sites (N-methyl/N-ethyl adjacent to an activating group) is 1. The van der Waals surface area contributed by atoms with E-state index in [9.17, 15) is 9.18 Å². The molecule has 0 atom stereocenters. The Morgan fingerprint density at radius 1 is 1.38 bits per heavy atom. The Kier molecular flexibility index (Phi) is 5.11. The van der Waals surface area contributed by atoms with Crippen LogP contribution >= 0.6 is 0 Å². The van der Waals surface area contributed by atoms with Gasteiger partial charge in [-0.25, -0.2) is 4.39 Å². The zero-order valence-electron chi connectivity index (χ0n) is 12.1. The van der Waals surface area contributed by atoms with E-state index in [4.69, 9.17) is 9.15 Å². The van der Waals surface area contributed by atoms with E-state index < -0.39 is 5.82 Å². The number of Topliss-reactive ketones (excluding diaryl/α,β-unsaturated/α-hetero) is 1. The highest BCUT2D eigenvalue weighted by Gasteiger charge is 2.17. The summed E-state index contributed by atoms with van der Waals surface area (Å²) in [6.07, 6.45) is 1.60. The number of rotatable bonds is 7. The molecule has 4 nitrogen and oxygen atoms in total. The zero-order valence-corrected chi connectivity index (χ0v) is 12.1. The van der Waals surface area contributed by atoms with Crippen molar-refractivity contribution in [3.8, 4) is 5.75 Å². The molecule has 5 heteroatoms. The van der Waals surface area contributed by atoms with Crippen LogP contribution in [-0.4, -0.2) is 30.9 Å². The summed E-state index contributed by atoms with van der Waals surface area (Å²) in [6.45, 7) is 3.35. The van der Waals surface area contributed by atoms with Gasteiger partial charge in [0.25, 0.3) is 0 Å². The number of carbonyl (C=O) groups excluding carboxylic acids is 1. The van der Waals surface area contributed by atoms with Crippen LogP contribution < -0.4 is 4.74 Å². The SMILES string of the molecule is CCN(CC(=O)c1cc(F)ccc1OC)Cc1ccco1. The Morgan fingerprint density at radius 2 is 2.19 bits per heavy atom. The van der Waals surface area contributed by atoms with E-state index in [0.717, 1.165) is 5.76 Å². The Balaban J connectivity index is 2.10. The van der Waals surface area contributed by atoms with Gasteiger partial charge in [0.05, 0.1) is 32.0 Å². The predicted molar refractivity (Wildman–Crippen MR) is 76.9 cm³/mol. The van der Waals surface area contributed by atoms with Crippen molar-refractivity contribution < 1.29 is 18.3 Å². The van der Waals surface area contributed by atoms with Crippen LogP contribution in [0.2, 0.25) is 0 Å². The molecule has 1 aromatic heterocycles. The third-order valence-corrected chi connectivity index (χ3v) is 3.24. The summed E-state index contributed by atoms with van der Waals surface area (Å²) < 4.78 is 23.7. The number of ether oxygens (including phenoxy) is 1. The highest BCUT2D eigenvalue weighted by Crippen LogP contribution is 2.20. The van der Waals surface area contributed by atoms with Gasteiger partial charge in [-0.2, -0.15) is 0 Å². The lowest BCUT2D eigenvalue weighted by Gasteiger charge is -2.18. The Morgan fingerprint density at radius 3 is 2.81 bits per heavy atom. The van der Waals surface area contributed by atoms with E-state index in [-0.39, 0.29) is 17.9 Å². The first-order chi connectivity index (χ1) is 10.1. The predicted octanol–water partition coefficient (Wildman–Crippen LogP) is 3.13. The molecule has 0 spiro atoms. The fourth-order valence-electron chi connectivity index (χ4n) is 2.09. The maximum absolute atomic E-state index is 13.3. The summed E-state index contributed by atoms with van der Waals surface area (Å²) in [5.41, 5.74) is 0.260. The van der Waals surface area contributed by atoms with Gasteiger partial charge in [-0.1, -0.05) is 6.92 Å². The molecular weight excluding hydrogens is 273 g/mol. The molecule has 1 heterocycles. The fraction of sp³-hybridized carbons (Fsp3) is 0.312. The lowest BCUT2D eigenvalue weighted by Crippen LogP contribution is -2.29. The van der Waals surface area contributed by atoms with Gasteiger partial charge in [-0.05, 0) is 36.9 Å². The van der Waals surface area contributed by atoms with Crippen LogP contribution in [-0.2, 0) is 6.54 Å². The molecule has 2 rings (SSSR count). The van der Waals surface area contributed by atoms with Crippen LogP contribution in [0.15, 0.2) is 41.0 Å². The maximum atomic E-state index is 13.3. The van der Waals surface area contributed by atoms with Crippen LogP contribution in [0.25, 0.3) is 0 Å². The smallest absolute Gasteiger partial charge is 0.180 e. The molecule has 0 N–H and O–H groups in total. The van der Waals surface area contributed by atoms with Gasteiger partial charge in [0.1, 0.15) is 17.3 Å². The molecule has 0 saturated carbocycles. The molecule has 0 aliphatic carbocycles. The van der Waals surface area contributed by atoms with Crippen molar-refractivity contribution in [3.05, 3.63) is 53.7 Å². The van der Waals surface area contributed by atoms with Crippen molar-refractivity contribution in [2.75, 3.05) is 20.2 Å². The minimum Gasteiger partial charge on any atom is -0.496 e. The summed E-state index contributed by atoms with van der Waals surface area (Å²) in [5.74, 6) is 0.541. The number of furan rings is 1.